The predicted octanol–water partition coefficient (Wildman–Crippen LogP) is -3.03. The maximum Gasteiger partial charge on any atom is 1.00 e. The molecule has 0 unspecified atom stereocenters. The van der Waals surface area contributed by atoms with Crippen molar-refractivity contribution in [1.82, 2.24) is 0 Å². The molecule has 0 atom stereocenters. The Balaban J connectivity index is 0.000000810. The van der Waals surface area contributed by atoms with Gasteiger partial charge in [0.05, 0.1) is 5.97 Å². The molecule has 2 nitrogen and oxygen atoms in total. The molecule has 0 fully saturated rings. The van der Waals surface area contributed by atoms with Gasteiger partial charge in [0.1, 0.15) is 0 Å². The molecular weight excluding hydrogens is 254 g/mol. The summed E-state index contributed by atoms with van der Waals surface area (Å²) in [5, 5.41) is 10.1. The average molecular weight is 258 g/mol. The number of hydrogen-bond donors (Lipinski definition) is 0. The van der Waals surface area contributed by atoms with Gasteiger partial charge in [-0.1, -0.05) is 32.9 Å². The Hall–Kier alpha value is 0.550. The Morgan fingerprint density at radius 2 is 2.20 bits per heavy atom. The molecule has 1 aliphatic heterocycles. The van der Waals surface area contributed by atoms with E-state index >= 15 is 0 Å². The van der Waals surface area contributed by atoms with Gasteiger partial charge in [-0.15, -0.1) is 0 Å². The summed E-state index contributed by atoms with van der Waals surface area (Å²) in [4.78, 5) is 10.1. The van der Waals surface area contributed by atoms with Gasteiger partial charge in [-0.05, 0) is 10.2 Å². The summed E-state index contributed by atoms with van der Waals surface area (Å²) in [5.41, 5.74) is 0. The number of aliphatic carboxylic acids is 1. The Morgan fingerprint density at radius 1 is 1.50 bits per heavy atom. The molecule has 0 aromatic heterocycles. The SMILES string of the molecule is O=C([O-])C1=IC=CC=C1.[Na+]. The molecule has 0 radical (unpaired) electrons. The molecule has 0 amide bonds. The van der Waals surface area contributed by atoms with Crippen LogP contribution in [-0.2, 0) is 4.79 Å². The molecule has 1 aliphatic rings. The zero-order chi connectivity index (χ0) is 6.69. The monoisotopic (exact) mass is 258 g/mol. The minimum absolute atomic E-state index is 0. The molecule has 1 heterocycles. The van der Waals surface area contributed by atoms with E-state index in [0.717, 1.165) is 0 Å². The number of carboxylic acids is 1. The van der Waals surface area contributed by atoms with E-state index in [4.69, 9.17) is 0 Å². The van der Waals surface area contributed by atoms with Gasteiger partial charge >= 0.3 is 29.6 Å². The van der Waals surface area contributed by atoms with E-state index in [1.807, 2.05) is 10.2 Å². The fourth-order valence-corrected chi connectivity index (χ4v) is 1.94. The molecular formula is C6H4INaO2. The van der Waals surface area contributed by atoms with Crippen LogP contribution in [-0.4, -0.2) is 9.48 Å². The van der Waals surface area contributed by atoms with Gasteiger partial charge in [0.25, 0.3) is 0 Å². The van der Waals surface area contributed by atoms with E-state index < -0.39 is 26.7 Å². The van der Waals surface area contributed by atoms with E-state index in [1.54, 1.807) is 12.2 Å². The Bertz CT molecular complexity index is 218. The van der Waals surface area contributed by atoms with Crippen LogP contribution in [0, 0.1) is 0 Å². The first kappa shape index (κ1) is 10.6. The number of allylic oxidation sites excluding steroid dienone is 2. The van der Waals surface area contributed by atoms with E-state index in [-0.39, 0.29) is 29.6 Å². The zero-order valence-corrected chi connectivity index (χ0v) is 9.66. The second kappa shape index (κ2) is 5.23. The quantitative estimate of drug-likeness (QED) is 0.371. The van der Waals surface area contributed by atoms with Gasteiger partial charge in [-0.3, -0.25) is 0 Å². The van der Waals surface area contributed by atoms with E-state index in [2.05, 4.69) is 0 Å². The van der Waals surface area contributed by atoms with Crippen LogP contribution in [0.25, 0.3) is 0 Å². The van der Waals surface area contributed by atoms with Gasteiger partial charge in [-0.25, -0.2) is 0 Å². The zero-order valence-electron chi connectivity index (χ0n) is 5.50. The fourth-order valence-electron chi connectivity index (χ4n) is 0.435. The molecule has 0 bridgehead atoms. The van der Waals surface area contributed by atoms with Crippen molar-refractivity contribution in [3.63, 3.8) is 0 Å². The summed E-state index contributed by atoms with van der Waals surface area (Å²) in [6, 6.07) is 0. The van der Waals surface area contributed by atoms with Crippen LogP contribution in [0.15, 0.2) is 22.3 Å². The first-order valence-corrected chi connectivity index (χ1v) is 4.68. The van der Waals surface area contributed by atoms with Crippen LogP contribution in [0.3, 0.4) is 0 Å². The van der Waals surface area contributed by atoms with Crippen molar-refractivity contribution in [2.24, 2.45) is 0 Å². The molecule has 0 saturated heterocycles. The third-order valence-corrected chi connectivity index (χ3v) is 3.05. The minimum atomic E-state index is -1.02. The van der Waals surface area contributed by atoms with Crippen LogP contribution in [0.1, 0.15) is 0 Å². The normalized spacial score (nSPS) is 14.6. The van der Waals surface area contributed by atoms with Crippen molar-refractivity contribution in [2.45, 2.75) is 0 Å². The first-order chi connectivity index (χ1) is 4.30. The standard InChI is InChI=1S/C6H5IO2.Na/c8-6(9)5-3-1-2-4-7-5;/h1-4H,(H,8,9);/q;+1/p-1. The number of hydrogen-bond acceptors (Lipinski definition) is 2. The number of halogens is 1. The number of carbonyl (C=O) groups excluding carboxylic acids is 1. The van der Waals surface area contributed by atoms with Crippen molar-refractivity contribution in [3.8, 4) is 0 Å². The summed E-state index contributed by atoms with van der Waals surface area (Å²) in [7, 11) is 0. The average Bonchev–Trinajstić information content (AvgIpc) is 1.90. The number of carbonyl (C=O) groups is 1. The van der Waals surface area contributed by atoms with Crippen molar-refractivity contribution in [2.75, 3.05) is 0 Å². The van der Waals surface area contributed by atoms with Crippen LogP contribution >= 0.6 is 20.7 Å². The molecule has 0 aromatic carbocycles. The number of rotatable bonds is 1. The molecule has 0 aliphatic carbocycles. The molecule has 0 N–H and O–H groups in total. The Labute approximate surface area is 91.0 Å². The van der Waals surface area contributed by atoms with Crippen molar-refractivity contribution < 1.29 is 39.5 Å². The minimum Gasteiger partial charge on any atom is -0.544 e. The van der Waals surface area contributed by atoms with Crippen molar-refractivity contribution in [1.29, 1.82) is 0 Å². The van der Waals surface area contributed by atoms with Crippen molar-refractivity contribution in [3.05, 3.63) is 22.3 Å². The second-order valence-corrected chi connectivity index (χ2v) is 3.93. The maximum absolute atomic E-state index is 10.1. The molecule has 4 heteroatoms. The van der Waals surface area contributed by atoms with Crippen LogP contribution in [0.5, 0.6) is 0 Å². The summed E-state index contributed by atoms with van der Waals surface area (Å²) in [5.74, 6) is -1.02. The van der Waals surface area contributed by atoms with E-state index in [1.165, 1.54) is 0 Å². The van der Waals surface area contributed by atoms with Crippen molar-refractivity contribution >= 4 is 30.2 Å². The topological polar surface area (TPSA) is 40.1 Å². The van der Waals surface area contributed by atoms with Gasteiger partial charge in [-0.2, -0.15) is 0 Å². The Morgan fingerprint density at radius 3 is 2.50 bits per heavy atom. The summed E-state index contributed by atoms with van der Waals surface area (Å²) in [6.07, 6.45) is 5.18. The largest absolute Gasteiger partial charge is 1.00 e. The van der Waals surface area contributed by atoms with Crippen LogP contribution in [0.2, 0.25) is 0 Å². The maximum atomic E-state index is 10.1. The van der Waals surface area contributed by atoms with E-state index in [0.29, 0.717) is 3.51 Å². The first-order valence-electron chi connectivity index (χ1n) is 2.35. The molecule has 0 saturated carbocycles. The van der Waals surface area contributed by atoms with Crippen LogP contribution in [0.4, 0.5) is 0 Å². The molecule has 0 spiro atoms. The molecule has 0 aromatic rings. The van der Waals surface area contributed by atoms with Gasteiger partial charge < -0.3 is 9.90 Å². The smallest absolute Gasteiger partial charge is 0.544 e. The van der Waals surface area contributed by atoms with E-state index in [9.17, 15) is 9.90 Å². The summed E-state index contributed by atoms with van der Waals surface area (Å²) in [6.45, 7) is 0. The van der Waals surface area contributed by atoms with Gasteiger partial charge in [0.15, 0.2) is 0 Å². The predicted molar refractivity (Wildman–Crippen MR) is 42.3 cm³/mol. The second-order valence-electron chi connectivity index (χ2n) is 1.42. The third kappa shape index (κ3) is 3.09. The fraction of sp³-hybridized carbons (Fsp3) is 0. The number of carboxylic acid groups (broad SMARTS) is 1. The molecule has 1 rings (SSSR count). The summed E-state index contributed by atoms with van der Waals surface area (Å²) >= 11 is -0.404. The summed E-state index contributed by atoms with van der Waals surface area (Å²) < 4.78 is 2.35. The van der Waals surface area contributed by atoms with Gasteiger partial charge in [0.2, 0.25) is 0 Å². The Kier molecular flexibility index (Phi) is 5.52. The molecule has 10 heavy (non-hydrogen) atoms. The molecule has 48 valence electrons. The van der Waals surface area contributed by atoms with Crippen LogP contribution < -0.4 is 34.7 Å². The third-order valence-electron chi connectivity index (χ3n) is 0.802. The van der Waals surface area contributed by atoms with Gasteiger partial charge in [0, 0.05) is 3.51 Å².